The van der Waals surface area contributed by atoms with E-state index in [1.54, 1.807) is 0 Å². The van der Waals surface area contributed by atoms with Crippen molar-refractivity contribution < 1.29 is 4.74 Å². The third-order valence-corrected chi connectivity index (χ3v) is 3.11. The average molecular weight is 205 g/mol. The Morgan fingerprint density at radius 3 is 2.93 bits per heavy atom. The number of rotatable bonds is 2. The van der Waals surface area contributed by atoms with Crippen molar-refractivity contribution in [2.24, 2.45) is 5.73 Å². The minimum absolute atomic E-state index is 0.0808. The second-order valence-corrected chi connectivity index (χ2v) is 4.65. The minimum Gasteiger partial charge on any atom is -0.487 e. The van der Waals surface area contributed by atoms with Crippen LogP contribution in [0.5, 0.6) is 5.75 Å². The first-order valence-electron chi connectivity index (χ1n) is 5.68. The van der Waals surface area contributed by atoms with Gasteiger partial charge in [-0.05, 0) is 19.4 Å². The Labute approximate surface area is 91.4 Å². The number of para-hydroxylation sites is 1. The van der Waals surface area contributed by atoms with E-state index in [1.807, 2.05) is 18.2 Å². The first-order valence-corrected chi connectivity index (χ1v) is 5.68. The summed E-state index contributed by atoms with van der Waals surface area (Å²) in [6, 6.07) is 8.22. The molecule has 0 saturated heterocycles. The van der Waals surface area contributed by atoms with Gasteiger partial charge in [-0.3, -0.25) is 0 Å². The standard InChI is InChI=1S/C13H19NO/c1-3-8-13(2)9-11(14)10-6-4-5-7-12(10)15-13/h4-7,11H,3,8-9,14H2,1-2H3/t11-,13?/m1/s1. The zero-order valence-electron chi connectivity index (χ0n) is 9.49. The predicted molar refractivity (Wildman–Crippen MR) is 61.9 cm³/mol. The number of fused-ring (bicyclic) bond motifs is 1. The molecule has 2 nitrogen and oxygen atoms in total. The fourth-order valence-corrected chi connectivity index (χ4v) is 2.44. The predicted octanol–water partition coefficient (Wildman–Crippen LogP) is 3.03. The number of nitrogens with two attached hydrogens (primary N) is 1. The lowest BCUT2D eigenvalue weighted by Crippen LogP contribution is -2.40. The van der Waals surface area contributed by atoms with Crippen LogP contribution in [-0.4, -0.2) is 5.60 Å². The molecular formula is C13H19NO. The molecule has 1 heterocycles. The normalized spacial score (nSPS) is 29.4. The molecule has 0 aliphatic carbocycles. The molecule has 1 unspecified atom stereocenters. The molecule has 0 saturated carbocycles. The van der Waals surface area contributed by atoms with E-state index in [0.717, 1.165) is 30.6 Å². The van der Waals surface area contributed by atoms with Gasteiger partial charge in [-0.1, -0.05) is 31.5 Å². The van der Waals surface area contributed by atoms with Crippen molar-refractivity contribution in [3.05, 3.63) is 29.8 Å². The van der Waals surface area contributed by atoms with Crippen molar-refractivity contribution in [3.8, 4) is 5.75 Å². The molecule has 0 radical (unpaired) electrons. The Kier molecular flexibility index (Phi) is 2.70. The van der Waals surface area contributed by atoms with Crippen LogP contribution in [0.25, 0.3) is 0 Å². The molecule has 2 heteroatoms. The van der Waals surface area contributed by atoms with Crippen LogP contribution in [0.3, 0.4) is 0 Å². The SMILES string of the molecule is CCCC1(C)C[C@@H](N)c2ccccc2O1. The molecule has 0 aromatic heterocycles. The maximum Gasteiger partial charge on any atom is 0.124 e. The molecule has 0 spiro atoms. The molecule has 2 rings (SSSR count). The van der Waals surface area contributed by atoms with E-state index in [1.165, 1.54) is 0 Å². The molecule has 1 aromatic carbocycles. The molecule has 2 atom stereocenters. The average Bonchev–Trinajstić information content (AvgIpc) is 2.17. The van der Waals surface area contributed by atoms with Crippen molar-refractivity contribution in [1.82, 2.24) is 0 Å². The van der Waals surface area contributed by atoms with Gasteiger partial charge in [0.15, 0.2) is 0 Å². The number of ether oxygens (including phenoxy) is 1. The van der Waals surface area contributed by atoms with Crippen LogP contribution in [0.1, 0.15) is 44.7 Å². The summed E-state index contributed by atoms with van der Waals surface area (Å²) in [5, 5.41) is 0. The van der Waals surface area contributed by atoms with Gasteiger partial charge >= 0.3 is 0 Å². The summed E-state index contributed by atoms with van der Waals surface area (Å²) in [4.78, 5) is 0. The largest absolute Gasteiger partial charge is 0.487 e. The first-order chi connectivity index (χ1) is 7.14. The van der Waals surface area contributed by atoms with Crippen LogP contribution in [0, 0.1) is 0 Å². The summed E-state index contributed by atoms with van der Waals surface area (Å²) in [5.41, 5.74) is 7.24. The quantitative estimate of drug-likeness (QED) is 0.805. The molecule has 1 aromatic rings. The van der Waals surface area contributed by atoms with Gasteiger partial charge in [-0.2, -0.15) is 0 Å². The Balaban J connectivity index is 2.29. The van der Waals surface area contributed by atoms with Gasteiger partial charge in [0.2, 0.25) is 0 Å². The lowest BCUT2D eigenvalue weighted by molar-refractivity contribution is 0.0449. The lowest BCUT2D eigenvalue weighted by Gasteiger charge is -2.38. The van der Waals surface area contributed by atoms with Crippen LogP contribution in [0.4, 0.5) is 0 Å². The van der Waals surface area contributed by atoms with Crippen molar-refractivity contribution in [2.75, 3.05) is 0 Å². The lowest BCUT2D eigenvalue weighted by atomic mass is 9.86. The van der Waals surface area contributed by atoms with Gasteiger partial charge in [0.25, 0.3) is 0 Å². The van der Waals surface area contributed by atoms with Gasteiger partial charge in [-0.15, -0.1) is 0 Å². The van der Waals surface area contributed by atoms with E-state index in [9.17, 15) is 0 Å². The van der Waals surface area contributed by atoms with Crippen LogP contribution in [0.2, 0.25) is 0 Å². The molecule has 82 valence electrons. The highest BCUT2D eigenvalue weighted by Crippen LogP contribution is 2.39. The zero-order valence-corrected chi connectivity index (χ0v) is 9.49. The van der Waals surface area contributed by atoms with Crippen molar-refractivity contribution in [2.45, 2.75) is 44.8 Å². The topological polar surface area (TPSA) is 35.2 Å². The highest BCUT2D eigenvalue weighted by molar-refractivity contribution is 5.38. The van der Waals surface area contributed by atoms with Crippen molar-refractivity contribution in [3.63, 3.8) is 0 Å². The summed E-state index contributed by atoms with van der Waals surface area (Å²) < 4.78 is 6.05. The van der Waals surface area contributed by atoms with Crippen molar-refractivity contribution in [1.29, 1.82) is 0 Å². The summed E-state index contributed by atoms with van der Waals surface area (Å²) in [5.74, 6) is 0.965. The Morgan fingerprint density at radius 1 is 1.47 bits per heavy atom. The fraction of sp³-hybridized carbons (Fsp3) is 0.538. The molecule has 1 aliphatic heterocycles. The maximum atomic E-state index is 6.17. The van der Waals surface area contributed by atoms with Crippen LogP contribution < -0.4 is 10.5 Å². The molecule has 0 fully saturated rings. The first kappa shape index (κ1) is 10.5. The van der Waals surface area contributed by atoms with E-state index in [-0.39, 0.29) is 11.6 Å². The molecule has 15 heavy (non-hydrogen) atoms. The van der Waals surface area contributed by atoms with Gasteiger partial charge in [0, 0.05) is 18.0 Å². The summed E-state index contributed by atoms with van der Waals surface area (Å²) in [6.07, 6.45) is 3.11. The highest BCUT2D eigenvalue weighted by Gasteiger charge is 2.34. The van der Waals surface area contributed by atoms with E-state index >= 15 is 0 Å². The van der Waals surface area contributed by atoms with Crippen molar-refractivity contribution >= 4 is 0 Å². The second-order valence-electron chi connectivity index (χ2n) is 4.65. The van der Waals surface area contributed by atoms with E-state index in [0.29, 0.717) is 0 Å². The van der Waals surface area contributed by atoms with Gasteiger partial charge in [0.1, 0.15) is 11.4 Å². The van der Waals surface area contributed by atoms with Crippen LogP contribution in [-0.2, 0) is 0 Å². The minimum atomic E-state index is -0.0808. The molecule has 1 aliphatic rings. The fourth-order valence-electron chi connectivity index (χ4n) is 2.44. The second kappa shape index (κ2) is 3.86. The Morgan fingerprint density at radius 2 is 2.20 bits per heavy atom. The summed E-state index contributed by atoms with van der Waals surface area (Å²) >= 11 is 0. The number of hydrogen-bond acceptors (Lipinski definition) is 2. The smallest absolute Gasteiger partial charge is 0.124 e. The maximum absolute atomic E-state index is 6.17. The Bertz CT molecular complexity index is 350. The molecule has 0 amide bonds. The highest BCUT2D eigenvalue weighted by atomic mass is 16.5. The third-order valence-electron chi connectivity index (χ3n) is 3.11. The molecule has 2 N–H and O–H groups in total. The molecule has 0 bridgehead atoms. The van der Waals surface area contributed by atoms with E-state index in [2.05, 4.69) is 19.9 Å². The monoisotopic (exact) mass is 205 g/mol. The van der Waals surface area contributed by atoms with Crippen LogP contribution >= 0.6 is 0 Å². The van der Waals surface area contributed by atoms with Gasteiger partial charge in [-0.25, -0.2) is 0 Å². The van der Waals surface area contributed by atoms with Gasteiger partial charge in [0.05, 0.1) is 0 Å². The number of benzene rings is 1. The van der Waals surface area contributed by atoms with E-state index in [4.69, 9.17) is 10.5 Å². The summed E-state index contributed by atoms with van der Waals surface area (Å²) in [6.45, 7) is 4.34. The van der Waals surface area contributed by atoms with Crippen LogP contribution in [0.15, 0.2) is 24.3 Å². The summed E-state index contributed by atoms with van der Waals surface area (Å²) in [7, 11) is 0. The molecular weight excluding hydrogens is 186 g/mol. The van der Waals surface area contributed by atoms with E-state index < -0.39 is 0 Å². The Hall–Kier alpha value is -1.02. The third kappa shape index (κ3) is 2.00. The number of hydrogen-bond donors (Lipinski definition) is 1. The van der Waals surface area contributed by atoms with Gasteiger partial charge < -0.3 is 10.5 Å². The zero-order chi connectivity index (χ0) is 10.9.